The van der Waals surface area contributed by atoms with Gasteiger partial charge in [0.15, 0.2) is 0 Å². The van der Waals surface area contributed by atoms with E-state index in [1.54, 1.807) is 42.5 Å². The Bertz CT molecular complexity index is 805. The Labute approximate surface area is 120 Å². The first kappa shape index (κ1) is 13.1. The number of aromatic hydroxyl groups is 1. The average Bonchev–Trinajstić information content (AvgIpc) is 2.49. The summed E-state index contributed by atoms with van der Waals surface area (Å²) >= 11 is 0. The number of hydrogen-bond donors (Lipinski definition) is 2. The van der Waals surface area contributed by atoms with Crippen molar-refractivity contribution in [2.75, 3.05) is 5.73 Å². The minimum Gasteiger partial charge on any atom is -0.507 e. The van der Waals surface area contributed by atoms with E-state index in [-0.39, 0.29) is 17.5 Å². The van der Waals surface area contributed by atoms with Crippen molar-refractivity contribution in [1.29, 1.82) is 0 Å². The minimum absolute atomic E-state index is 0.0492. The molecular formula is C16H12FN3O. The number of aromatic nitrogens is 2. The molecule has 0 atom stereocenters. The van der Waals surface area contributed by atoms with Crippen molar-refractivity contribution in [3.05, 3.63) is 60.5 Å². The van der Waals surface area contributed by atoms with Crippen LogP contribution >= 0.6 is 0 Å². The molecule has 0 fully saturated rings. The molecular weight excluding hydrogens is 269 g/mol. The second-order valence-electron chi connectivity index (χ2n) is 4.49. The lowest BCUT2D eigenvalue weighted by atomic mass is 10.00. The van der Waals surface area contributed by atoms with Crippen LogP contribution in [-0.4, -0.2) is 15.1 Å². The van der Waals surface area contributed by atoms with Crippen LogP contribution in [0.3, 0.4) is 0 Å². The smallest absolute Gasteiger partial charge is 0.220 e. The summed E-state index contributed by atoms with van der Waals surface area (Å²) in [6, 6.07) is 13.0. The summed E-state index contributed by atoms with van der Waals surface area (Å²) in [4.78, 5) is 8.09. The number of nitrogen functional groups attached to an aromatic ring is 1. The van der Waals surface area contributed by atoms with Gasteiger partial charge in [-0.15, -0.1) is 0 Å². The normalized spacial score (nSPS) is 10.5. The molecule has 0 amide bonds. The van der Waals surface area contributed by atoms with Crippen molar-refractivity contribution in [2.24, 2.45) is 0 Å². The van der Waals surface area contributed by atoms with E-state index in [1.807, 2.05) is 0 Å². The van der Waals surface area contributed by atoms with E-state index in [1.165, 1.54) is 12.3 Å². The summed E-state index contributed by atoms with van der Waals surface area (Å²) < 4.78 is 14.0. The van der Waals surface area contributed by atoms with E-state index in [0.717, 1.165) is 0 Å². The van der Waals surface area contributed by atoms with Crippen LogP contribution in [0, 0.1) is 5.82 Å². The van der Waals surface area contributed by atoms with Crippen molar-refractivity contribution >= 4 is 5.95 Å². The Hall–Kier alpha value is -2.95. The number of halogens is 1. The number of nitrogens with two attached hydrogens (primary N) is 1. The van der Waals surface area contributed by atoms with E-state index < -0.39 is 0 Å². The fourth-order valence-corrected chi connectivity index (χ4v) is 2.15. The molecule has 3 N–H and O–H groups in total. The van der Waals surface area contributed by atoms with Gasteiger partial charge in [-0.1, -0.05) is 30.3 Å². The van der Waals surface area contributed by atoms with Crippen molar-refractivity contribution in [3.63, 3.8) is 0 Å². The van der Waals surface area contributed by atoms with Gasteiger partial charge >= 0.3 is 0 Å². The highest BCUT2D eigenvalue weighted by Crippen LogP contribution is 2.35. The Morgan fingerprint density at radius 2 is 1.57 bits per heavy atom. The highest BCUT2D eigenvalue weighted by Gasteiger charge is 2.15. The van der Waals surface area contributed by atoms with Gasteiger partial charge < -0.3 is 10.8 Å². The lowest BCUT2D eigenvalue weighted by Gasteiger charge is -2.11. The molecule has 0 bridgehead atoms. The van der Waals surface area contributed by atoms with Crippen LogP contribution in [0.2, 0.25) is 0 Å². The zero-order chi connectivity index (χ0) is 14.8. The zero-order valence-electron chi connectivity index (χ0n) is 11.0. The summed E-state index contributed by atoms with van der Waals surface area (Å²) in [6.45, 7) is 0. The molecule has 0 radical (unpaired) electrons. The number of anilines is 1. The Morgan fingerprint density at radius 3 is 2.29 bits per heavy atom. The van der Waals surface area contributed by atoms with Gasteiger partial charge in [-0.3, -0.25) is 0 Å². The molecule has 104 valence electrons. The topological polar surface area (TPSA) is 72.0 Å². The van der Waals surface area contributed by atoms with Crippen LogP contribution in [0.1, 0.15) is 0 Å². The van der Waals surface area contributed by atoms with Gasteiger partial charge in [0.05, 0.1) is 5.69 Å². The van der Waals surface area contributed by atoms with Gasteiger partial charge in [-0.25, -0.2) is 14.4 Å². The van der Waals surface area contributed by atoms with E-state index >= 15 is 0 Å². The lowest BCUT2D eigenvalue weighted by Crippen LogP contribution is -1.99. The Balaban J connectivity index is 2.29. The van der Waals surface area contributed by atoms with Crippen LogP contribution in [0.15, 0.2) is 54.7 Å². The van der Waals surface area contributed by atoms with E-state index in [2.05, 4.69) is 9.97 Å². The molecule has 3 rings (SSSR count). The monoisotopic (exact) mass is 281 g/mol. The molecule has 0 spiro atoms. The number of phenols is 1. The molecule has 3 aromatic rings. The number of hydrogen-bond acceptors (Lipinski definition) is 4. The highest BCUT2D eigenvalue weighted by atomic mass is 19.1. The van der Waals surface area contributed by atoms with E-state index in [4.69, 9.17) is 5.73 Å². The third kappa shape index (κ3) is 2.41. The van der Waals surface area contributed by atoms with Crippen LogP contribution in [0.4, 0.5) is 10.3 Å². The first-order valence-corrected chi connectivity index (χ1v) is 6.32. The molecule has 4 nitrogen and oxygen atoms in total. The van der Waals surface area contributed by atoms with Gasteiger partial charge in [0, 0.05) is 22.9 Å². The fourth-order valence-electron chi connectivity index (χ4n) is 2.15. The Morgan fingerprint density at radius 1 is 0.905 bits per heavy atom. The van der Waals surface area contributed by atoms with Gasteiger partial charge in [-0.05, 0) is 18.2 Å². The summed E-state index contributed by atoms with van der Waals surface area (Å²) in [5.41, 5.74) is 7.34. The molecule has 0 saturated carbocycles. The number of nitrogens with zero attached hydrogens (tertiary/aromatic N) is 2. The second kappa shape index (κ2) is 5.20. The van der Waals surface area contributed by atoms with Gasteiger partial charge in [0.25, 0.3) is 0 Å². The molecule has 1 heterocycles. The summed E-state index contributed by atoms with van der Waals surface area (Å²) in [5, 5.41) is 10.0. The molecule has 5 heteroatoms. The minimum atomic E-state index is -0.387. The third-order valence-corrected chi connectivity index (χ3v) is 3.13. The molecule has 21 heavy (non-hydrogen) atoms. The maximum absolute atomic E-state index is 14.0. The number of phenolic OH excluding ortho intramolecular Hbond substituents is 1. The third-order valence-electron chi connectivity index (χ3n) is 3.13. The van der Waals surface area contributed by atoms with E-state index in [0.29, 0.717) is 22.4 Å². The second-order valence-corrected chi connectivity index (χ2v) is 4.49. The number of para-hydroxylation sites is 1. The SMILES string of the molecule is Nc1ncc(-c2ccccc2F)c(-c2ccccc2O)n1. The van der Waals surface area contributed by atoms with Gasteiger partial charge in [0.1, 0.15) is 11.6 Å². The first-order valence-electron chi connectivity index (χ1n) is 6.32. The van der Waals surface area contributed by atoms with Gasteiger partial charge in [-0.2, -0.15) is 0 Å². The molecule has 0 aliphatic heterocycles. The maximum Gasteiger partial charge on any atom is 0.220 e. The molecule has 1 aromatic heterocycles. The first-order chi connectivity index (χ1) is 10.2. The van der Waals surface area contributed by atoms with Crippen molar-refractivity contribution in [1.82, 2.24) is 9.97 Å². The molecule has 2 aromatic carbocycles. The van der Waals surface area contributed by atoms with E-state index in [9.17, 15) is 9.50 Å². The zero-order valence-corrected chi connectivity index (χ0v) is 11.0. The lowest BCUT2D eigenvalue weighted by molar-refractivity contribution is 0.477. The summed E-state index contributed by atoms with van der Waals surface area (Å²) in [5.74, 6) is -0.274. The fraction of sp³-hybridized carbons (Fsp3) is 0. The standard InChI is InChI=1S/C16H12FN3O/c17-13-7-3-1-5-10(13)12-9-19-16(18)20-15(12)11-6-2-4-8-14(11)21/h1-9,21H,(H2,18,19,20). The van der Waals surface area contributed by atoms with Crippen LogP contribution in [-0.2, 0) is 0 Å². The maximum atomic E-state index is 14.0. The quantitative estimate of drug-likeness (QED) is 0.756. The summed E-state index contributed by atoms with van der Waals surface area (Å²) in [6.07, 6.45) is 1.46. The molecule has 0 unspecified atom stereocenters. The van der Waals surface area contributed by atoms with Crippen molar-refractivity contribution in [3.8, 4) is 28.1 Å². The van der Waals surface area contributed by atoms with Crippen LogP contribution in [0.5, 0.6) is 5.75 Å². The highest BCUT2D eigenvalue weighted by molar-refractivity contribution is 5.83. The summed E-state index contributed by atoms with van der Waals surface area (Å²) in [7, 11) is 0. The van der Waals surface area contributed by atoms with Crippen molar-refractivity contribution < 1.29 is 9.50 Å². The predicted molar refractivity (Wildman–Crippen MR) is 78.9 cm³/mol. The van der Waals surface area contributed by atoms with Crippen LogP contribution < -0.4 is 5.73 Å². The van der Waals surface area contributed by atoms with Gasteiger partial charge in [0.2, 0.25) is 5.95 Å². The average molecular weight is 281 g/mol. The number of rotatable bonds is 2. The van der Waals surface area contributed by atoms with Crippen molar-refractivity contribution in [2.45, 2.75) is 0 Å². The Kier molecular flexibility index (Phi) is 3.23. The predicted octanol–water partition coefficient (Wildman–Crippen LogP) is 3.24. The largest absolute Gasteiger partial charge is 0.507 e. The van der Waals surface area contributed by atoms with Crippen LogP contribution in [0.25, 0.3) is 22.4 Å². The molecule has 0 saturated heterocycles. The molecule has 0 aliphatic rings. The molecule has 0 aliphatic carbocycles. The number of benzene rings is 2.